The lowest BCUT2D eigenvalue weighted by Crippen LogP contribution is -2.22. The molecule has 0 aliphatic rings. The van der Waals surface area contributed by atoms with E-state index in [1.54, 1.807) is 37.3 Å². The van der Waals surface area contributed by atoms with Crippen molar-refractivity contribution < 1.29 is 18.0 Å². The number of anilines is 1. The van der Waals surface area contributed by atoms with Gasteiger partial charge >= 0.3 is 0 Å². The molecule has 0 spiro atoms. The summed E-state index contributed by atoms with van der Waals surface area (Å²) in [5.74, 6) is -3.13. The van der Waals surface area contributed by atoms with Crippen LogP contribution in [0.3, 0.4) is 0 Å². The molecule has 0 saturated carbocycles. The summed E-state index contributed by atoms with van der Waals surface area (Å²) in [4.78, 5) is 12.9. The van der Waals surface area contributed by atoms with Crippen LogP contribution in [0.5, 0.6) is 0 Å². The molecule has 0 radical (unpaired) electrons. The predicted molar refractivity (Wildman–Crippen MR) is 88.7 cm³/mol. The van der Waals surface area contributed by atoms with E-state index in [0.717, 1.165) is 11.8 Å². The zero-order valence-electron chi connectivity index (χ0n) is 12.1. The molecule has 7 heteroatoms. The van der Waals surface area contributed by atoms with Crippen molar-refractivity contribution in [2.45, 2.75) is 27.7 Å². The van der Waals surface area contributed by atoms with Gasteiger partial charge in [0, 0.05) is 15.5 Å². The first-order valence-corrected chi connectivity index (χ1v) is 8.48. The number of alkyl halides is 2. The predicted octanol–water partition coefficient (Wildman–Crippen LogP) is 5.26. The first kappa shape index (κ1) is 17.7. The van der Waals surface area contributed by atoms with Crippen molar-refractivity contribution in [3.8, 4) is 0 Å². The van der Waals surface area contributed by atoms with Crippen LogP contribution in [0.4, 0.5) is 18.9 Å². The van der Waals surface area contributed by atoms with E-state index in [1.165, 1.54) is 18.2 Å². The highest BCUT2D eigenvalue weighted by molar-refractivity contribution is 8.00. The van der Waals surface area contributed by atoms with Crippen LogP contribution in [0.25, 0.3) is 0 Å². The molecule has 122 valence electrons. The van der Waals surface area contributed by atoms with Crippen molar-refractivity contribution >= 4 is 35.1 Å². The zero-order valence-corrected chi connectivity index (χ0v) is 13.8. The molecule has 2 rings (SSSR count). The van der Waals surface area contributed by atoms with Crippen LogP contribution in [0.2, 0.25) is 0 Å². The van der Waals surface area contributed by atoms with Crippen molar-refractivity contribution in [2.24, 2.45) is 0 Å². The summed E-state index contributed by atoms with van der Waals surface area (Å²) in [6, 6.07) is 12.4. The van der Waals surface area contributed by atoms with Crippen molar-refractivity contribution in [3.63, 3.8) is 0 Å². The number of hydrogen-bond acceptors (Lipinski definition) is 3. The molecule has 1 amide bonds. The summed E-state index contributed by atoms with van der Waals surface area (Å²) in [5, 5.41) is 2.18. The van der Waals surface area contributed by atoms with E-state index in [0.29, 0.717) is 27.2 Å². The number of amides is 1. The zero-order chi connectivity index (χ0) is 16.8. The fourth-order valence-electron chi connectivity index (χ4n) is 1.75. The number of benzene rings is 2. The number of carbonyl (C=O) groups is 1. The highest BCUT2D eigenvalue weighted by Gasteiger charge is 2.16. The van der Waals surface area contributed by atoms with Crippen LogP contribution in [0.1, 0.15) is 6.92 Å². The monoisotopic (exact) mass is 357 g/mol. The molecule has 23 heavy (non-hydrogen) atoms. The fraction of sp³-hybridized carbons (Fsp3) is 0.188. The third-order valence-electron chi connectivity index (χ3n) is 2.86. The molecule has 1 atom stereocenters. The second kappa shape index (κ2) is 8.31. The second-order valence-electron chi connectivity index (χ2n) is 4.58. The van der Waals surface area contributed by atoms with Gasteiger partial charge in [-0.1, -0.05) is 23.9 Å². The quantitative estimate of drug-likeness (QED) is 0.715. The smallest absolute Gasteiger partial charge is 0.288 e. The first-order valence-electron chi connectivity index (χ1n) is 6.72. The molecule has 0 fully saturated rings. The Hall–Kier alpha value is -1.60. The summed E-state index contributed by atoms with van der Waals surface area (Å²) >= 11 is 1.56. The van der Waals surface area contributed by atoms with E-state index < -0.39 is 11.0 Å². The number of carbonyl (C=O) groups excluding carboxylic acids is 1. The third-order valence-corrected chi connectivity index (χ3v) is 4.73. The summed E-state index contributed by atoms with van der Waals surface area (Å²) in [6.07, 6.45) is 0. The van der Waals surface area contributed by atoms with E-state index in [2.05, 4.69) is 5.32 Å². The molecule has 0 saturated heterocycles. The SMILES string of the molecule is C[C@@H](Sc1ccccc1F)C(=O)Nc1ccc(SC(F)F)cc1. The van der Waals surface area contributed by atoms with Gasteiger partial charge in [0.05, 0.1) is 5.25 Å². The standard InChI is InChI=1S/C16H14F3NOS2/c1-10(22-14-5-3-2-4-13(14)17)15(21)20-11-6-8-12(9-7-11)23-16(18)19/h2-10,16H,1H3,(H,20,21)/t10-/m1/s1. The minimum atomic E-state index is -2.48. The third kappa shape index (κ3) is 5.51. The van der Waals surface area contributed by atoms with Gasteiger partial charge in [-0.05, 0) is 43.3 Å². The van der Waals surface area contributed by atoms with Crippen LogP contribution >= 0.6 is 23.5 Å². The van der Waals surface area contributed by atoms with E-state index in [-0.39, 0.29) is 11.7 Å². The summed E-state index contributed by atoms with van der Waals surface area (Å²) in [5.41, 5.74) is 0.509. The van der Waals surface area contributed by atoms with E-state index in [9.17, 15) is 18.0 Å². The molecule has 0 heterocycles. The van der Waals surface area contributed by atoms with Gasteiger partial charge in [0.2, 0.25) is 5.91 Å². The average Bonchev–Trinajstić information content (AvgIpc) is 2.51. The van der Waals surface area contributed by atoms with Crippen LogP contribution < -0.4 is 5.32 Å². The minimum absolute atomic E-state index is 0.285. The Morgan fingerprint density at radius 3 is 2.30 bits per heavy atom. The van der Waals surface area contributed by atoms with Crippen LogP contribution in [0.15, 0.2) is 58.3 Å². The first-order chi connectivity index (χ1) is 11.0. The molecule has 2 aromatic rings. The Labute approximate surface area is 140 Å². The molecule has 0 unspecified atom stereocenters. The second-order valence-corrected chi connectivity index (χ2v) is 7.03. The van der Waals surface area contributed by atoms with Gasteiger partial charge < -0.3 is 5.32 Å². The maximum absolute atomic E-state index is 13.6. The molecule has 0 aromatic heterocycles. The lowest BCUT2D eigenvalue weighted by atomic mass is 10.3. The summed E-state index contributed by atoms with van der Waals surface area (Å²) in [6.45, 7) is 1.67. The Kier molecular flexibility index (Phi) is 6.41. The van der Waals surface area contributed by atoms with Crippen molar-refractivity contribution in [2.75, 3.05) is 5.32 Å². The topological polar surface area (TPSA) is 29.1 Å². The Balaban J connectivity index is 1.94. The molecule has 2 aromatic carbocycles. The molecule has 1 N–H and O–H groups in total. The number of nitrogens with one attached hydrogen (secondary N) is 1. The number of halogens is 3. The maximum atomic E-state index is 13.6. The fourth-order valence-corrected chi connectivity index (χ4v) is 3.13. The van der Waals surface area contributed by atoms with Crippen molar-refractivity contribution in [3.05, 3.63) is 54.3 Å². The van der Waals surface area contributed by atoms with Crippen LogP contribution in [-0.2, 0) is 4.79 Å². The number of hydrogen-bond donors (Lipinski definition) is 1. The lowest BCUT2D eigenvalue weighted by molar-refractivity contribution is -0.115. The summed E-state index contributed by atoms with van der Waals surface area (Å²) < 4.78 is 38.0. The van der Waals surface area contributed by atoms with Gasteiger partial charge in [-0.3, -0.25) is 4.79 Å². The molecule has 2 nitrogen and oxygen atoms in total. The van der Waals surface area contributed by atoms with Crippen molar-refractivity contribution in [1.82, 2.24) is 0 Å². The molecule has 0 aliphatic heterocycles. The maximum Gasteiger partial charge on any atom is 0.288 e. The Bertz CT molecular complexity index is 665. The van der Waals surface area contributed by atoms with Crippen LogP contribution in [-0.4, -0.2) is 16.9 Å². The van der Waals surface area contributed by atoms with Gasteiger partial charge in [-0.2, -0.15) is 8.78 Å². The van der Waals surface area contributed by atoms with E-state index in [4.69, 9.17) is 0 Å². The van der Waals surface area contributed by atoms with Gasteiger partial charge in [0.15, 0.2) is 0 Å². The van der Waals surface area contributed by atoms with Gasteiger partial charge in [0.1, 0.15) is 5.82 Å². The molecule has 0 bridgehead atoms. The minimum Gasteiger partial charge on any atom is -0.325 e. The highest BCUT2D eigenvalue weighted by atomic mass is 32.2. The number of rotatable bonds is 6. The van der Waals surface area contributed by atoms with Gasteiger partial charge in [-0.15, -0.1) is 11.8 Å². The Morgan fingerprint density at radius 2 is 1.70 bits per heavy atom. The average molecular weight is 357 g/mol. The number of thioether (sulfide) groups is 2. The van der Waals surface area contributed by atoms with E-state index >= 15 is 0 Å². The lowest BCUT2D eigenvalue weighted by Gasteiger charge is -2.12. The molecular formula is C16H14F3NOS2. The van der Waals surface area contributed by atoms with Crippen LogP contribution in [0, 0.1) is 5.82 Å². The van der Waals surface area contributed by atoms with Gasteiger partial charge in [0.25, 0.3) is 5.76 Å². The molecule has 0 aliphatic carbocycles. The highest BCUT2D eigenvalue weighted by Crippen LogP contribution is 2.28. The van der Waals surface area contributed by atoms with E-state index in [1.807, 2.05) is 0 Å². The van der Waals surface area contributed by atoms with Gasteiger partial charge in [-0.25, -0.2) is 4.39 Å². The largest absolute Gasteiger partial charge is 0.325 e. The Morgan fingerprint density at radius 1 is 1.04 bits per heavy atom. The molecular weight excluding hydrogens is 343 g/mol. The van der Waals surface area contributed by atoms with Crippen molar-refractivity contribution in [1.29, 1.82) is 0 Å². The summed E-state index contributed by atoms with van der Waals surface area (Å²) in [7, 11) is 0. The normalized spacial score (nSPS) is 12.2.